The van der Waals surface area contributed by atoms with Crippen molar-refractivity contribution in [2.75, 3.05) is 5.73 Å². The van der Waals surface area contributed by atoms with Crippen LogP contribution in [-0.2, 0) is 6.42 Å². The Bertz CT molecular complexity index is 999. The maximum Gasteiger partial charge on any atom is 0.169 e. The van der Waals surface area contributed by atoms with E-state index in [2.05, 4.69) is 37.2 Å². The lowest BCUT2D eigenvalue weighted by molar-refractivity contribution is 0.393. The molecule has 7 nitrogen and oxygen atoms in total. The first kappa shape index (κ1) is 14.4. The predicted octanol–water partition coefficient (Wildman–Crippen LogP) is 2.80. The van der Waals surface area contributed by atoms with Crippen molar-refractivity contribution in [1.82, 2.24) is 25.1 Å². The van der Waals surface area contributed by atoms with Crippen molar-refractivity contribution < 1.29 is 4.52 Å². The number of benzene rings is 1. The topological polar surface area (TPSA) is 107 Å². The van der Waals surface area contributed by atoms with Crippen LogP contribution in [0.2, 0.25) is 0 Å². The van der Waals surface area contributed by atoms with Gasteiger partial charge in [-0.05, 0) is 19.4 Å². The molecule has 3 aromatic heterocycles. The van der Waals surface area contributed by atoms with Crippen molar-refractivity contribution in [1.29, 1.82) is 0 Å². The molecule has 4 rings (SSSR count). The van der Waals surface area contributed by atoms with Crippen LogP contribution in [-0.4, -0.2) is 25.1 Å². The quantitative estimate of drug-likeness (QED) is 0.601. The van der Waals surface area contributed by atoms with Crippen LogP contribution in [0.1, 0.15) is 22.8 Å². The number of imidazole rings is 1. The highest BCUT2D eigenvalue weighted by Gasteiger charge is 2.18. The molecule has 0 aliphatic rings. The summed E-state index contributed by atoms with van der Waals surface area (Å²) in [6.07, 6.45) is 0.678. The summed E-state index contributed by atoms with van der Waals surface area (Å²) in [5.74, 6) is 2.29. The fraction of sp³-hybridized carbons (Fsp3) is 0.176. The van der Waals surface area contributed by atoms with Crippen LogP contribution in [0.4, 0.5) is 5.82 Å². The molecule has 0 saturated carbocycles. The molecule has 3 heterocycles. The van der Waals surface area contributed by atoms with E-state index < -0.39 is 0 Å². The molecule has 0 aliphatic heterocycles. The molecule has 7 heteroatoms. The van der Waals surface area contributed by atoms with Crippen LogP contribution < -0.4 is 5.73 Å². The molecule has 0 aliphatic carbocycles. The van der Waals surface area contributed by atoms with E-state index in [0.29, 0.717) is 35.0 Å². The van der Waals surface area contributed by atoms with Crippen molar-refractivity contribution in [2.45, 2.75) is 20.3 Å². The lowest BCUT2D eigenvalue weighted by atomic mass is 10.1. The van der Waals surface area contributed by atoms with Gasteiger partial charge in [-0.15, -0.1) is 0 Å². The first-order valence-electron chi connectivity index (χ1n) is 7.61. The highest BCUT2D eigenvalue weighted by Crippen LogP contribution is 2.27. The molecular weight excluding hydrogens is 304 g/mol. The monoisotopic (exact) mass is 320 g/mol. The Morgan fingerprint density at radius 1 is 1.08 bits per heavy atom. The summed E-state index contributed by atoms with van der Waals surface area (Å²) in [4.78, 5) is 16.7. The second kappa shape index (κ2) is 5.45. The Morgan fingerprint density at radius 3 is 2.58 bits per heavy atom. The average Bonchev–Trinajstić information content (AvgIpc) is 3.11. The second-order valence-electron chi connectivity index (χ2n) is 5.67. The highest BCUT2D eigenvalue weighted by molar-refractivity contribution is 5.84. The SMILES string of the molecule is Cc1noc(C)c1-c1nc(N)c2nc(Cc3ccccc3)[nH]c2n1. The molecule has 24 heavy (non-hydrogen) atoms. The zero-order chi connectivity index (χ0) is 16.7. The number of hydrogen-bond acceptors (Lipinski definition) is 6. The van der Waals surface area contributed by atoms with Crippen LogP contribution in [0.25, 0.3) is 22.6 Å². The van der Waals surface area contributed by atoms with Gasteiger partial charge in [-0.1, -0.05) is 35.5 Å². The fourth-order valence-electron chi connectivity index (χ4n) is 2.76. The summed E-state index contributed by atoms with van der Waals surface area (Å²) in [6, 6.07) is 10.1. The third-order valence-corrected chi connectivity index (χ3v) is 3.89. The van der Waals surface area contributed by atoms with Crippen LogP contribution in [0.5, 0.6) is 0 Å². The highest BCUT2D eigenvalue weighted by atomic mass is 16.5. The predicted molar refractivity (Wildman–Crippen MR) is 90.3 cm³/mol. The van der Waals surface area contributed by atoms with Crippen molar-refractivity contribution in [2.24, 2.45) is 0 Å². The zero-order valence-corrected chi connectivity index (χ0v) is 13.4. The van der Waals surface area contributed by atoms with Gasteiger partial charge in [-0.2, -0.15) is 0 Å². The van der Waals surface area contributed by atoms with Crippen LogP contribution >= 0.6 is 0 Å². The Morgan fingerprint density at radius 2 is 1.88 bits per heavy atom. The molecule has 0 amide bonds. The number of fused-ring (bicyclic) bond motifs is 1. The van der Waals surface area contributed by atoms with Crippen molar-refractivity contribution in [3.63, 3.8) is 0 Å². The number of nitrogens with one attached hydrogen (secondary N) is 1. The molecule has 0 spiro atoms. The lowest BCUT2D eigenvalue weighted by Gasteiger charge is -2.00. The summed E-state index contributed by atoms with van der Waals surface area (Å²) in [5.41, 5.74) is 9.94. The number of nitrogens with two attached hydrogens (primary N) is 1. The van der Waals surface area contributed by atoms with E-state index in [1.54, 1.807) is 0 Å². The third kappa shape index (κ3) is 2.40. The van der Waals surface area contributed by atoms with Crippen molar-refractivity contribution >= 4 is 17.0 Å². The molecule has 0 fully saturated rings. The maximum absolute atomic E-state index is 6.09. The average molecular weight is 320 g/mol. The Labute approximate surface area is 137 Å². The lowest BCUT2D eigenvalue weighted by Crippen LogP contribution is -1.98. The number of aromatic amines is 1. The van der Waals surface area contributed by atoms with Gasteiger partial charge >= 0.3 is 0 Å². The van der Waals surface area contributed by atoms with Gasteiger partial charge in [0, 0.05) is 6.42 Å². The smallest absolute Gasteiger partial charge is 0.169 e. The molecule has 120 valence electrons. The summed E-state index contributed by atoms with van der Waals surface area (Å²) in [7, 11) is 0. The van der Waals surface area contributed by atoms with E-state index >= 15 is 0 Å². The van der Waals surface area contributed by atoms with Gasteiger partial charge in [0.25, 0.3) is 0 Å². The summed E-state index contributed by atoms with van der Waals surface area (Å²) in [6.45, 7) is 3.68. The molecule has 0 unspecified atom stereocenters. The number of H-pyrrole nitrogens is 1. The third-order valence-electron chi connectivity index (χ3n) is 3.89. The molecule has 1 aromatic carbocycles. The van der Waals surface area contributed by atoms with Crippen molar-refractivity contribution in [3.8, 4) is 11.4 Å². The van der Waals surface area contributed by atoms with Gasteiger partial charge in [-0.25, -0.2) is 15.0 Å². The van der Waals surface area contributed by atoms with Gasteiger partial charge in [0.15, 0.2) is 17.3 Å². The van der Waals surface area contributed by atoms with E-state index in [-0.39, 0.29) is 0 Å². The Kier molecular flexibility index (Phi) is 3.26. The van der Waals surface area contributed by atoms with E-state index in [9.17, 15) is 0 Å². The molecule has 4 aromatic rings. The van der Waals surface area contributed by atoms with Gasteiger partial charge in [0.1, 0.15) is 17.1 Å². The van der Waals surface area contributed by atoms with E-state index in [4.69, 9.17) is 10.3 Å². The van der Waals surface area contributed by atoms with Crippen LogP contribution in [0.3, 0.4) is 0 Å². The Hall–Kier alpha value is -3.22. The number of nitrogens with zero attached hydrogens (tertiary/aromatic N) is 4. The molecule has 0 bridgehead atoms. The molecular formula is C17H16N6O. The number of nitrogen functional groups attached to an aromatic ring is 1. The number of hydrogen-bond donors (Lipinski definition) is 2. The largest absolute Gasteiger partial charge is 0.382 e. The number of aromatic nitrogens is 5. The minimum absolute atomic E-state index is 0.338. The second-order valence-corrected chi connectivity index (χ2v) is 5.67. The van der Waals surface area contributed by atoms with Crippen molar-refractivity contribution in [3.05, 3.63) is 53.2 Å². The number of rotatable bonds is 3. The van der Waals surface area contributed by atoms with Gasteiger partial charge in [0.2, 0.25) is 0 Å². The first-order valence-corrected chi connectivity index (χ1v) is 7.61. The summed E-state index contributed by atoms with van der Waals surface area (Å²) in [5, 5.41) is 3.94. The van der Waals surface area contributed by atoms with Crippen LogP contribution in [0, 0.1) is 13.8 Å². The van der Waals surface area contributed by atoms with Gasteiger partial charge in [-0.3, -0.25) is 0 Å². The normalized spacial score (nSPS) is 11.2. The van der Waals surface area contributed by atoms with E-state index in [1.165, 1.54) is 0 Å². The van der Waals surface area contributed by atoms with E-state index in [0.717, 1.165) is 22.6 Å². The fourth-order valence-corrected chi connectivity index (χ4v) is 2.76. The first-order chi connectivity index (χ1) is 11.6. The van der Waals surface area contributed by atoms with Crippen LogP contribution in [0.15, 0.2) is 34.9 Å². The summed E-state index contributed by atoms with van der Waals surface area (Å²) < 4.78 is 5.19. The number of aryl methyl sites for hydroxylation is 2. The molecule has 3 N–H and O–H groups in total. The minimum Gasteiger partial charge on any atom is -0.382 e. The Balaban J connectivity index is 1.79. The summed E-state index contributed by atoms with van der Waals surface area (Å²) >= 11 is 0. The molecule has 0 atom stereocenters. The molecule has 0 saturated heterocycles. The van der Waals surface area contributed by atoms with Gasteiger partial charge < -0.3 is 15.2 Å². The standard InChI is InChI=1S/C17H16N6O/c1-9-13(10(2)24-23-9)16-21-15(18)14-17(22-16)20-12(19-14)8-11-6-4-3-5-7-11/h3-7H,8H2,1-2H3,(H3,18,19,20,21,22). The molecule has 0 radical (unpaired) electrons. The van der Waals surface area contributed by atoms with E-state index in [1.807, 2.05) is 32.0 Å². The minimum atomic E-state index is 0.338. The number of anilines is 1. The zero-order valence-electron chi connectivity index (χ0n) is 13.4. The van der Waals surface area contributed by atoms with Gasteiger partial charge in [0.05, 0.1) is 11.3 Å². The maximum atomic E-state index is 6.09.